The third-order valence-electron chi connectivity index (χ3n) is 3.64. The van der Waals surface area contributed by atoms with Gasteiger partial charge in [-0.05, 0) is 23.1 Å². The SMILES string of the molecule is C=C(/C(C=NC(=N)N1CCNCC1)=C/CC)c1ccccc1. The zero-order chi connectivity index (χ0) is 15.8. The third kappa shape index (κ3) is 4.40. The summed E-state index contributed by atoms with van der Waals surface area (Å²) in [6.07, 6.45) is 4.78. The van der Waals surface area contributed by atoms with Crippen LogP contribution in [0.4, 0.5) is 0 Å². The number of piperazine rings is 1. The Labute approximate surface area is 132 Å². The number of guanidine groups is 1. The van der Waals surface area contributed by atoms with Gasteiger partial charge in [0.25, 0.3) is 0 Å². The quantitative estimate of drug-likeness (QED) is 0.510. The van der Waals surface area contributed by atoms with Crippen LogP contribution in [0, 0.1) is 5.41 Å². The van der Waals surface area contributed by atoms with Gasteiger partial charge >= 0.3 is 0 Å². The molecule has 2 rings (SSSR count). The Morgan fingerprint density at radius 2 is 2.00 bits per heavy atom. The van der Waals surface area contributed by atoms with Gasteiger partial charge in [0, 0.05) is 32.4 Å². The number of rotatable bonds is 4. The van der Waals surface area contributed by atoms with Crippen molar-refractivity contribution in [3.8, 4) is 0 Å². The monoisotopic (exact) mass is 296 g/mol. The minimum Gasteiger partial charge on any atom is -0.339 e. The molecule has 1 aliphatic rings. The van der Waals surface area contributed by atoms with E-state index >= 15 is 0 Å². The predicted molar refractivity (Wildman–Crippen MR) is 94.5 cm³/mol. The Bertz CT molecular complexity index is 566. The van der Waals surface area contributed by atoms with Crippen LogP contribution in [-0.4, -0.2) is 43.3 Å². The van der Waals surface area contributed by atoms with E-state index in [-0.39, 0.29) is 0 Å². The van der Waals surface area contributed by atoms with E-state index in [4.69, 9.17) is 5.41 Å². The van der Waals surface area contributed by atoms with Crippen LogP contribution in [0.1, 0.15) is 18.9 Å². The minimum absolute atomic E-state index is 0.323. The van der Waals surface area contributed by atoms with Crippen molar-refractivity contribution >= 4 is 17.7 Å². The number of nitrogens with one attached hydrogen (secondary N) is 2. The molecular formula is C18H24N4. The summed E-state index contributed by atoms with van der Waals surface area (Å²) in [4.78, 5) is 6.33. The lowest BCUT2D eigenvalue weighted by Crippen LogP contribution is -2.45. The zero-order valence-corrected chi connectivity index (χ0v) is 13.2. The molecule has 1 aromatic rings. The van der Waals surface area contributed by atoms with Gasteiger partial charge in [0.2, 0.25) is 5.96 Å². The van der Waals surface area contributed by atoms with E-state index in [0.717, 1.165) is 49.3 Å². The molecule has 4 heteroatoms. The third-order valence-corrected chi connectivity index (χ3v) is 3.64. The Morgan fingerprint density at radius 3 is 2.64 bits per heavy atom. The minimum atomic E-state index is 0.323. The van der Waals surface area contributed by atoms with E-state index < -0.39 is 0 Å². The molecule has 22 heavy (non-hydrogen) atoms. The number of allylic oxidation sites excluding steroid dienone is 3. The topological polar surface area (TPSA) is 51.5 Å². The molecular weight excluding hydrogens is 272 g/mol. The number of nitrogens with zero attached hydrogens (tertiary/aromatic N) is 2. The van der Waals surface area contributed by atoms with E-state index in [1.165, 1.54) is 0 Å². The van der Waals surface area contributed by atoms with Gasteiger partial charge in [-0.25, -0.2) is 4.99 Å². The van der Waals surface area contributed by atoms with Gasteiger partial charge in [0.1, 0.15) is 0 Å². The van der Waals surface area contributed by atoms with Gasteiger partial charge in [-0.1, -0.05) is 49.9 Å². The maximum atomic E-state index is 8.10. The normalized spacial score (nSPS) is 16.0. The molecule has 0 bridgehead atoms. The van der Waals surface area contributed by atoms with Crippen LogP contribution in [-0.2, 0) is 0 Å². The maximum absolute atomic E-state index is 8.10. The highest BCUT2D eigenvalue weighted by Gasteiger charge is 2.12. The number of benzene rings is 1. The first-order valence-corrected chi connectivity index (χ1v) is 7.75. The smallest absolute Gasteiger partial charge is 0.217 e. The highest BCUT2D eigenvalue weighted by molar-refractivity contribution is 6.03. The fraction of sp³-hybridized carbons (Fsp3) is 0.333. The highest BCUT2D eigenvalue weighted by atomic mass is 15.3. The molecule has 0 aliphatic carbocycles. The molecule has 116 valence electrons. The van der Waals surface area contributed by atoms with E-state index in [1.54, 1.807) is 6.21 Å². The van der Waals surface area contributed by atoms with E-state index in [0.29, 0.717) is 5.96 Å². The average Bonchev–Trinajstić information content (AvgIpc) is 2.59. The van der Waals surface area contributed by atoms with Crippen molar-refractivity contribution in [3.63, 3.8) is 0 Å². The fourth-order valence-corrected chi connectivity index (χ4v) is 2.37. The zero-order valence-electron chi connectivity index (χ0n) is 13.2. The van der Waals surface area contributed by atoms with E-state index in [9.17, 15) is 0 Å². The Morgan fingerprint density at radius 1 is 1.32 bits per heavy atom. The van der Waals surface area contributed by atoms with Crippen LogP contribution in [0.25, 0.3) is 5.57 Å². The summed E-state index contributed by atoms with van der Waals surface area (Å²) in [6.45, 7) is 9.76. The molecule has 0 saturated carbocycles. The van der Waals surface area contributed by atoms with E-state index in [1.807, 2.05) is 35.2 Å². The van der Waals surface area contributed by atoms with Gasteiger partial charge in [-0.15, -0.1) is 0 Å². The van der Waals surface area contributed by atoms with Gasteiger partial charge in [0.15, 0.2) is 0 Å². The van der Waals surface area contributed by atoms with Crippen molar-refractivity contribution in [2.24, 2.45) is 4.99 Å². The summed E-state index contributed by atoms with van der Waals surface area (Å²) in [5.74, 6) is 0.323. The van der Waals surface area contributed by atoms with Crippen LogP contribution in [0.3, 0.4) is 0 Å². The molecule has 0 radical (unpaired) electrons. The van der Waals surface area contributed by atoms with Crippen LogP contribution < -0.4 is 5.32 Å². The lowest BCUT2D eigenvalue weighted by atomic mass is 9.99. The Kier molecular flexibility index (Phi) is 6.10. The molecule has 2 N–H and O–H groups in total. The van der Waals surface area contributed by atoms with Gasteiger partial charge in [-0.3, -0.25) is 5.41 Å². The van der Waals surface area contributed by atoms with Crippen molar-refractivity contribution in [2.75, 3.05) is 26.2 Å². The van der Waals surface area contributed by atoms with Gasteiger partial charge < -0.3 is 10.2 Å². The van der Waals surface area contributed by atoms with Crippen molar-refractivity contribution in [3.05, 3.63) is 54.1 Å². The Hall–Kier alpha value is -2.20. The predicted octanol–water partition coefficient (Wildman–Crippen LogP) is 2.95. The highest BCUT2D eigenvalue weighted by Crippen LogP contribution is 2.20. The lowest BCUT2D eigenvalue weighted by Gasteiger charge is -2.27. The van der Waals surface area contributed by atoms with Crippen LogP contribution >= 0.6 is 0 Å². The second-order valence-electron chi connectivity index (χ2n) is 5.23. The average molecular weight is 296 g/mol. The largest absolute Gasteiger partial charge is 0.339 e. The molecule has 0 spiro atoms. The lowest BCUT2D eigenvalue weighted by molar-refractivity contribution is 0.353. The molecule has 0 aromatic heterocycles. The van der Waals surface area contributed by atoms with Crippen molar-refractivity contribution < 1.29 is 0 Å². The van der Waals surface area contributed by atoms with Crippen molar-refractivity contribution in [1.29, 1.82) is 5.41 Å². The standard InChI is InChI=1S/C18H24N4/c1-3-7-17(15(2)16-8-5-4-6-9-16)14-21-18(19)22-12-10-20-11-13-22/h4-9,14,19-20H,2-3,10-13H2,1H3/b17-7+,19-18?,21-14?. The molecule has 1 saturated heterocycles. The second kappa shape index (κ2) is 8.29. The molecule has 0 amide bonds. The van der Waals surface area contributed by atoms with E-state index in [2.05, 4.69) is 29.9 Å². The van der Waals surface area contributed by atoms with Crippen LogP contribution in [0.15, 0.2) is 53.6 Å². The molecule has 4 nitrogen and oxygen atoms in total. The Balaban J connectivity index is 2.08. The maximum Gasteiger partial charge on any atom is 0.217 e. The summed E-state index contributed by atoms with van der Waals surface area (Å²) in [5, 5.41) is 11.4. The van der Waals surface area contributed by atoms with Crippen LogP contribution in [0.5, 0.6) is 0 Å². The molecule has 1 heterocycles. The summed E-state index contributed by atoms with van der Waals surface area (Å²) < 4.78 is 0. The van der Waals surface area contributed by atoms with Crippen molar-refractivity contribution in [1.82, 2.24) is 10.2 Å². The number of hydrogen-bond donors (Lipinski definition) is 2. The second-order valence-corrected chi connectivity index (χ2v) is 5.23. The van der Waals surface area contributed by atoms with Crippen LogP contribution in [0.2, 0.25) is 0 Å². The number of hydrogen-bond acceptors (Lipinski definition) is 2. The molecule has 0 atom stereocenters. The fourth-order valence-electron chi connectivity index (χ4n) is 2.37. The first-order valence-electron chi connectivity index (χ1n) is 7.75. The summed E-state index contributed by atoms with van der Waals surface area (Å²) in [7, 11) is 0. The first kappa shape index (κ1) is 16.2. The summed E-state index contributed by atoms with van der Waals surface area (Å²) in [6, 6.07) is 10.1. The number of aliphatic imine (C=N–C) groups is 1. The van der Waals surface area contributed by atoms with Gasteiger partial charge in [0.05, 0.1) is 0 Å². The molecule has 0 unspecified atom stereocenters. The molecule has 1 aromatic carbocycles. The van der Waals surface area contributed by atoms with Gasteiger partial charge in [-0.2, -0.15) is 0 Å². The summed E-state index contributed by atoms with van der Waals surface area (Å²) >= 11 is 0. The molecule has 1 aliphatic heterocycles. The van der Waals surface area contributed by atoms with Crippen molar-refractivity contribution in [2.45, 2.75) is 13.3 Å². The first-order chi connectivity index (χ1) is 10.7. The summed E-state index contributed by atoms with van der Waals surface area (Å²) in [5.41, 5.74) is 3.01. The molecule has 1 fully saturated rings.